The molecule has 4 nitrogen and oxygen atoms in total. The normalized spacial score (nSPS) is 13.3. The van der Waals surface area contributed by atoms with E-state index in [9.17, 15) is 4.57 Å². The van der Waals surface area contributed by atoms with Crippen LogP contribution < -0.4 is 0 Å². The average molecular weight is 334 g/mol. The van der Waals surface area contributed by atoms with Gasteiger partial charge in [-0.1, -0.05) is 55.5 Å². The van der Waals surface area contributed by atoms with Crippen molar-refractivity contribution in [2.75, 3.05) is 6.61 Å². The SMILES string of the molecule is Cc1ccccc1C(c1ccccc1C)C(C)COP(=O)(O)O. The predicted molar refractivity (Wildman–Crippen MR) is 91.4 cm³/mol. The van der Waals surface area contributed by atoms with Gasteiger partial charge >= 0.3 is 7.82 Å². The number of rotatable bonds is 6. The van der Waals surface area contributed by atoms with Crippen molar-refractivity contribution in [3.05, 3.63) is 70.8 Å². The molecule has 0 heterocycles. The van der Waals surface area contributed by atoms with Crippen molar-refractivity contribution in [2.24, 2.45) is 5.92 Å². The summed E-state index contributed by atoms with van der Waals surface area (Å²) in [6.45, 7) is 6.06. The molecule has 0 radical (unpaired) electrons. The van der Waals surface area contributed by atoms with Gasteiger partial charge in [0.05, 0.1) is 6.61 Å². The van der Waals surface area contributed by atoms with Crippen LogP contribution in [-0.2, 0) is 9.09 Å². The summed E-state index contributed by atoms with van der Waals surface area (Å²) in [6, 6.07) is 16.2. The summed E-state index contributed by atoms with van der Waals surface area (Å²) in [7, 11) is -4.47. The lowest BCUT2D eigenvalue weighted by Gasteiger charge is -2.27. The molecule has 1 unspecified atom stereocenters. The highest BCUT2D eigenvalue weighted by atomic mass is 31.2. The van der Waals surface area contributed by atoms with E-state index in [0.29, 0.717) is 0 Å². The highest BCUT2D eigenvalue weighted by Gasteiger charge is 2.26. The zero-order valence-corrected chi connectivity index (χ0v) is 14.5. The molecule has 2 aromatic rings. The lowest BCUT2D eigenvalue weighted by atomic mass is 9.79. The predicted octanol–water partition coefficient (Wildman–Crippen LogP) is 4.18. The van der Waals surface area contributed by atoms with Crippen molar-refractivity contribution < 1.29 is 18.9 Å². The van der Waals surface area contributed by atoms with Gasteiger partial charge in [0, 0.05) is 5.92 Å². The van der Waals surface area contributed by atoms with Gasteiger partial charge in [-0.15, -0.1) is 0 Å². The summed E-state index contributed by atoms with van der Waals surface area (Å²) in [5.74, 6) is -0.0613. The van der Waals surface area contributed by atoms with Crippen molar-refractivity contribution >= 4 is 7.82 Å². The number of benzene rings is 2. The zero-order chi connectivity index (χ0) is 17.0. The topological polar surface area (TPSA) is 66.8 Å². The summed E-state index contributed by atoms with van der Waals surface area (Å²) in [5.41, 5.74) is 4.62. The third kappa shape index (κ3) is 4.76. The van der Waals surface area contributed by atoms with Gasteiger partial charge in [0.1, 0.15) is 0 Å². The first kappa shape index (κ1) is 17.9. The maximum atomic E-state index is 11.0. The van der Waals surface area contributed by atoms with E-state index in [2.05, 4.69) is 38.1 Å². The fourth-order valence-electron chi connectivity index (χ4n) is 2.96. The molecular weight excluding hydrogens is 311 g/mol. The van der Waals surface area contributed by atoms with Gasteiger partial charge in [0.25, 0.3) is 0 Å². The fraction of sp³-hybridized carbons (Fsp3) is 0.333. The van der Waals surface area contributed by atoms with Crippen LogP contribution in [0.1, 0.15) is 35.1 Å². The molecule has 2 N–H and O–H groups in total. The number of hydrogen-bond acceptors (Lipinski definition) is 2. The molecule has 0 amide bonds. The molecule has 0 saturated heterocycles. The summed E-state index contributed by atoms with van der Waals surface area (Å²) in [4.78, 5) is 18.0. The Bertz CT molecular complexity index is 662. The highest BCUT2D eigenvalue weighted by Crippen LogP contribution is 2.40. The largest absolute Gasteiger partial charge is 0.469 e. The first-order valence-corrected chi connectivity index (χ1v) is 9.14. The Balaban J connectivity index is 2.42. The van der Waals surface area contributed by atoms with E-state index in [1.165, 1.54) is 0 Å². The van der Waals surface area contributed by atoms with Crippen LogP contribution in [0.25, 0.3) is 0 Å². The van der Waals surface area contributed by atoms with Crippen LogP contribution in [0.2, 0.25) is 0 Å². The monoisotopic (exact) mass is 334 g/mol. The number of hydrogen-bond donors (Lipinski definition) is 2. The molecule has 0 fully saturated rings. The van der Waals surface area contributed by atoms with Gasteiger partial charge in [0.2, 0.25) is 0 Å². The van der Waals surface area contributed by atoms with E-state index < -0.39 is 7.82 Å². The number of phosphoric ester groups is 1. The molecule has 0 aliphatic rings. The summed E-state index contributed by atoms with van der Waals surface area (Å²) in [5, 5.41) is 0. The second-order valence-corrected chi connectivity index (χ2v) is 7.19. The second-order valence-electron chi connectivity index (χ2n) is 5.95. The Morgan fingerprint density at radius 1 is 0.957 bits per heavy atom. The molecule has 2 aromatic carbocycles. The molecule has 2 rings (SSSR count). The van der Waals surface area contributed by atoms with E-state index in [-0.39, 0.29) is 18.4 Å². The van der Waals surface area contributed by atoms with Crippen molar-refractivity contribution in [2.45, 2.75) is 26.7 Å². The number of aryl methyl sites for hydroxylation is 2. The molecule has 0 aromatic heterocycles. The third-order valence-corrected chi connectivity index (χ3v) is 4.61. The Labute approximate surface area is 137 Å². The smallest absolute Gasteiger partial charge is 0.303 e. The summed E-state index contributed by atoms with van der Waals surface area (Å²) >= 11 is 0. The van der Waals surface area contributed by atoms with Gasteiger partial charge in [-0.2, -0.15) is 0 Å². The molecule has 5 heteroatoms. The molecule has 0 spiro atoms. The second kappa shape index (κ2) is 7.41. The van der Waals surface area contributed by atoms with Crippen molar-refractivity contribution in [3.63, 3.8) is 0 Å². The molecular formula is C18H23O4P. The maximum absolute atomic E-state index is 11.0. The quantitative estimate of drug-likeness (QED) is 0.778. The number of phosphoric acid groups is 1. The van der Waals surface area contributed by atoms with E-state index in [0.717, 1.165) is 22.3 Å². The molecule has 0 bridgehead atoms. The molecule has 0 saturated carbocycles. The molecule has 124 valence electrons. The van der Waals surface area contributed by atoms with Crippen LogP contribution in [0.15, 0.2) is 48.5 Å². The van der Waals surface area contributed by atoms with Crippen molar-refractivity contribution in [3.8, 4) is 0 Å². The van der Waals surface area contributed by atoms with E-state index >= 15 is 0 Å². The Kier molecular flexibility index (Phi) is 5.77. The minimum absolute atomic E-state index is 0.00237. The van der Waals surface area contributed by atoms with Crippen LogP contribution in [0.3, 0.4) is 0 Å². The fourth-order valence-corrected chi connectivity index (χ4v) is 3.39. The van der Waals surface area contributed by atoms with E-state index in [1.807, 2.05) is 31.2 Å². The first-order valence-electron chi connectivity index (χ1n) is 7.60. The Morgan fingerprint density at radius 2 is 1.39 bits per heavy atom. The van der Waals surface area contributed by atoms with Crippen LogP contribution in [0.4, 0.5) is 0 Å². The first-order chi connectivity index (χ1) is 10.8. The third-order valence-electron chi connectivity index (χ3n) is 4.12. The Morgan fingerprint density at radius 3 is 1.78 bits per heavy atom. The van der Waals surface area contributed by atoms with E-state index in [4.69, 9.17) is 14.3 Å². The van der Waals surface area contributed by atoms with Gasteiger partial charge < -0.3 is 9.79 Å². The van der Waals surface area contributed by atoms with Gasteiger partial charge in [-0.25, -0.2) is 4.57 Å². The lowest BCUT2D eigenvalue weighted by molar-refractivity contribution is 0.167. The maximum Gasteiger partial charge on any atom is 0.469 e. The molecule has 0 aliphatic heterocycles. The highest BCUT2D eigenvalue weighted by molar-refractivity contribution is 7.46. The zero-order valence-electron chi connectivity index (χ0n) is 13.6. The molecule has 23 heavy (non-hydrogen) atoms. The minimum Gasteiger partial charge on any atom is -0.303 e. The van der Waals surface area contributed by atoms with Crippen LogP contribution in [-0.4, -0.2) is 16.4 Å². The van der Waals surface area contributed by atoms with Crippen LogP contribution in [0, 0.1) is 19.8 Å². The lowest BCUT2D eigenvalue weighted by Crippen LogP contribution is -2.18. The van der Waals surface area contributed by atoms with Crippen molar-refractivity contribution in [1.82, 2.24) is 0 Å². The van der Waals surface area contributed by atoms with Gasteiger partial charge in [0.15, 0.2) is 0 Å². The summed E-state index contributed by atoms with van der Waals surface area (Å²) in [6.07, 6.45) is 0. The van der Waals surface area contributed by atoms with Crippen molar-refractivity contribution in [1.29, 1.82) is 0 Å². The van der Waals surface area contributed by atoms with Crippen LogP contribution >= 0.6 is 7.82 Å². The van der Waals surface area contributed by atoms with E-state index in [1.54, 1.807) is 0 Å². The molecule has 0 aliphatic carbocycles. The summed E-state index contributed by atoms with van der Waals surface area (Å²) < 4.78 is 15.8. The van der Waals surface area contributed by atoms with Gasteiger partial charge in [-0.05, 0) is 42.0 Å². The van der Waals surface area contributed by atoms with Gasteiger partial charge in [-0.3, -0.25) is 4.52 Å². The minimum atomic E-state index is -4.47. The molecule has 1 atom stereocenters. The van der Waals surface area contributed by atoms with Crippen LogP contribution in [0.5, 0.6) is 0 Å². The Hall–Kier alpha value is -1.45. The average Bonchev–Trinajstić information content (AvgIpc) is 2.48. The standard InChI is InChI=1S/C18H23O4P/c1-13-8-4-6-10-16(13)18(15(3)12-22-23(19,20)21)17-11-7-5-9-14(17)2/h4-11,15,18H,12H2,1-3H3,(H2,19,20,21).